The van der Waals surface area contributed by atoms with Crippen molar-refractivity contribution >= 4 is 11.6 Å². The fourth-order valence-electron chi connectivity index (χ4n) is 3.74. The monoisotopic (exact) mass is 436 g/mol. The standard InChI is InChI=1S/C24H25FN4O3/c1-3-31-15-7-14-29-16(2)20(21(26-24(29)30)17-8-5-4-6-9-17)23-27-22(28-32-23)18-10-12-19(25)13-11-18/h4-6,8-13,21H,3,7,14-15H2,1-2H3,(H,26,30). The van der Waals surface area contributed by atoms with Crippen molar-refractivity contribution in [3.05, 3.63) is 77.6 Å². The summed E-state index contributed by atoms with van der Waals surface area (Å²) in [7, 11) is 0. The van der Waals surface area contributed by atoms with E-state index in [1.54, 1.807) is 17.0 Å². The molecule has 1 unspecified atom stereocenters. The third kappa shape index (κ3) is 4.55. The van der Waals surface area contributed by atoms with E-state index in [2.05, 4.69) is 15.5 Å². The number of allylic oxidation sites excluding steroid dienone is 1. The minimum absolute atomic E-state index is 0.185. The fourth-order valence-corrected chi connectivity index (χ4v) is 3.74. The van der Waals surface area contributed by atoms with Crippen LogP contribution in [0.1, 0.15) is 37.8 Å². The van der Waals surface area contributed by atoms with Crippen LogP contribution in [0.5, 0.6) is 0 Å². The van der Waals surface area contributed by atoms with Crippen LogP contribution >= 0.6 is 0 Å². The van der Waals surface area contributed by atoms with E-state index >= 15 is 0 Å². The number of ether oxygens (including phenoxy) is 1. The van der Waals surface area contributed by atoms with E-state index in [0.29, 0.717) is 43.5 Å². The minimum atomic E-state index is -0.437. The molecule has 1 aromatic heterocycles. The lowest BCUT2D eigenvalue weighted by atomic mass is 9.94. The molecule has 1 aliphatic heterocycles. The van der Waals surface area contributed by atoms with Gasteiger partial charge in [-0.2, -0.15) is 4.98 Å². The molecule has 0 fully saturated rings. The summed E-state index contributed by atoms with van der Waals surface area (Å²) in [6, 6.07) is 14.9. The molecule has 1 atom stereocenters. The molecule has 2 aromatic carbocycles. The van der Waals surface area contributed by atoms with Crippen molar-refractivity contribution in [3.8, 4) is 11.4 Å². The summed E-state index contributed by atoms with van der Waals surface area (Å²) in [5.41, 5.74) is 3.02. The van der Waals surface area contributed by atoms with E-state index in [4.69, 9.17) is 9.26 Å². The first-order chi connectivity index (χ1) is 15.6. The number of halogens is 1. The SMILES string of the molecule is CCOCCCN1C(=O)NC(c2ccccc2)C(c2nc(-c3ccc(F)cc3)no2)=C1C. The van der Waals surface area contributed by atoms with Crippen molar-refractivity contribution in [2.24, 2.45) is 0 Å². The zero-order chi connectivity index (χ0) is 22.5. The number of nitrogens with one attached hydrogen (secondary N) is 1. The molecule has 32 heavy (non-hydrogen) atoms. The van der Waals surface area contributed by atoms with Gasteiger partial charge >= 0.3 is 6.03 Å². The molecule has 0 saturated heterocycles. The number of carbonyl (C=O) groups excluding carboxylic acids is 1. The van der Waals surface area contributed by atoms with Crippen LogP contribution in [0.15, 0.2) is 64.8 Å². The second kappa shape index (κ2) is 9.74. The zero-order valence-corrected chi connectivity index (χ0v) is 18.0. The second-order valence-corrected chi connectivity index (χ2v) is 7.42. The lowest BCUT2D eigenvalue weighted by molar-refractivity contribution is 0.136. The summed E-state index contributed by atoms with van der Waals surface area (Å²) in [6.07, 6.45) is 0.701. The van der Waals surface area contributed by atoms with E-state index in [1.807, 2.05) is 44.2 Å². The summed E-state index contributed by atoms with van der Waals surface area (Å²) in [4.78, 5) is 19.2. The summed E-state index contributed by atoms with van der Waals surface area (Å²) >= 11 is 0. The first-order valence-corrected chi connectivity index (χ1v) is 10.6. The van der Waals surface area contributed by atoms with Gasteiger partial charge in [0.2, 0.25) is 5.82 Å². The summed E-state index contributed by atoms with van der Waals surface area (Å²) in [6.45, 7) is 5.53. The first kappa shape index (κ1) is 21.7. The van der Waals surface area contributed by atoms with Gasteiger partial charge in [-0.15, -0.1) is 0 Å². The summed E-state index contributed by atoms with van der Waals surface area (Å²) in [5, 5.41) is 7.16. The molecule has 0 saturated carbocycles. The Labute approximate surface area is 185 Å². The average Bonchev–Trinajstić information content (AvgIpc) is 3.29. The molecule has 7 nitrogen and oxygen atoms in total. The fraction of sp³-hybridized carbons (Fsp3) is 0.292. The van der Waals surface area contributed by atoms with Crippen LogP contribution in [-0.4, -0.2) is 40.8 Å². The quantitative estimate of drug-likeness (QED) is 0.513. The zero-order valence-electron chi connectivity index (χ0n) is 18.0. The number of rotatable bonds is 8. The highest BCUT2D eigenvalue weighted by atomic mass is 19.1. The van der Waals surface area contributed by atoms with Gasteiger partial charge in [-0.3, -0.25) is 4.90 Å². The topological polar surface area (TPSA) is 80.5 Å². The van der Waals surface area contributed by atoms with Gasteiger partial charge in [0.05, 0.1) is 11.6 Å². The molecule has 3 aromatic rings. The van der Waals surface area contributed by atoms with E-state index in [1.165, 1.54) is 12.1 Å². The molecule has 0 bridgehead atoms. The Hall–Kier alpha value is -3.52. The third-order valence-electron chi connectivity index (χ3n) is 5.36. The molecule has 8 heteroatoms. The Kier molecular flexibility index (Phi) is 6.61. The maximum absolute atomic E-state index is 13.3. The molecule has 2 heterocycles. The van der Waals surface area contributed by atoms with Crippen molar-refractivity contribution < 1.29 is 18.4 Å². The molecule has 1 N–H and O–H groups in total. The van der Waals surface area contributed by atoms with Gasteiger partial charge in [0.1, 0.15) is 5.82 Å². The lowest BCUT2D eigenvalue weighted by Gasteiger charge is -2.35. The average molecular weight is 436 g/mol. The highest BCUT2D eigenvalue weighted by molar-refractivity contribution is 5.86. The Balaban J connectivity index is 1.72. The van der Waals surface area contributed by atoms with Crippen molar-refractivity contribution in [2.45, 2.75) is 26.3 Å². The second-order valence-electron chi connectivity index (χ2n) is 7.42. The predicted octanol–water partition coefficient (Wildman–Crippen LogP) is 4.80. The molecule has 2 amide bonds. The van der Waals surface area contributed by atoms with Gasteiger partial charge in [0.15, 0.2) is 0 Å². The lowest BCUT2D eigenvalue weighted by Crippen LogP contribution is -2.46. The number of urea groups is 1. The van der Waals surface area contributed by atoms with Crippen molar-refractivity contribution in [1.82, 2.24) is 20.4 Å². The van der Waals surface area contributed by atoms with Gasteiger partial charge in [-0.05, 0) is 50.1 Å². The number of hydrogen-bond donors (Lipinski definition) is 1. The van der Waals surface area contributed by atoms with Crippen LogP contribution in [0.2, 0.25) is 0 Å². The van der Waals surface area contributed by atoms with Gasteiger partial charge in [0.25, 0.3) is 5.89 Å². The molecule has 0 spiro atoms. The maximum Gasteiger partial charge on any atom is 0.322 e. The Bertz CT molecular complexity index is 1100. The van der Waals surface area contributed by atoms with E-state index in [-0.39, 0.29) is 11.8 Å². The molecule has 0 radical (unpaired) electrons. The van der Waals surface area contributed by atoms with Crippen LogP contribution in [0.4, 0.5) is 9.18 Å². The van der Waals surface area contributed by atoms with Gasteiger partial charge in [0, 0.05) is 31.0 Å². The molecular weight excluding hydrogens is 411 g/mol. The third-order valence-corrected chi connectivity index (χ3v) is 5.36. The predicted molar refractivity (Wildman–Crippen MR) is 118 cm³/mol. The smallest absolute Gasteiger partial charge is 0.322 e. The van der Waals surface area contributed by atoms with Gasteiger partial charge < -0.3 is 14.6 Å². The number of benzene rings is 2. The molecular formula is C24H25FN4O3. The van der Waals surface area contributed by atoms with Crippen molar-refractivity contribution in [3.63, 3.8) is 0 Å². The molecule has 0 aliphatic carbocycles. The summed E-state index contributed by atoms with van der Waals surface area (Å²) < 4.78 is 24.3. The van der Waals surface area contributed by atoms with Crippen molar-refractivity contribution in [2.75, 3.05) is 19.8 Å². The summed E-state index contributed by atoms with van der Waals surface area (Å²) in [5.74, 6) is 0.329. The highest BCUT2D eigenvalue weighted by Gasteiger charge is 2.35. The van der Waals surface area contributed by atoms with E-state index in [0.717, 1.165) is 16.8 Å². The number of amides is 2. The number of hydrogen-bond acceptors (Lipinski definition) is 5. The Morgan fingerprint density at radius 2 is 1.91 bits per heavy atom. The maximum atomic E-state index is 13.3. The minimum Gasteiger partial charge on any atom is -0.382 e. The van der Waals surface area contributed by atoms with Crippen LogP contribution in [0.3, 0.4) is 0 Å². The van der Waals surface area contributed by atoms with Crippen LogP contribution in [0, 0.1) is 5.82 Å². The molecule has 1 aliphatic rings. The van der Waals surface area contributed by atoms with Crippen molar-refractivity contribution in [1.29, 1.82) is 0 Å². The normalized spacial score (nSPS) is 16.4. The Morgan fingerprint density at radius 1 is 1.16 bits per heavy atom. The van der Waals surface area contributed by atoms with Crippen LogP contribution in [0.25, 0.3) is 17.0 Å². The molecule has 4 rings (SSSR count). The number of aromatic nitrogens is 2. The number of nitrogens with zero attached hydrogens (tertiary/aromatic N) is 3. The van der Waals surface area contributed by atoms with Gasteiger partial charge in [-0.25, -0.2) is 9.18 Å². The van der Waals surface area contributed by atoms with Gasteiger partial charge in [-0.1, -0.05) is 35.5 Å². The largest absolute Gasteiger partial charge is 0.382 e. The highest BCUT2D eigenvalue weighted by Crippen LogP contribution is 2.37. The first-order valence-electron chi connectivity index (χ1n) is 10.6. The van der Waals surface area contributed by atoms with E-state index < -0.39 is 6.04 Å². The van der Waals surface area contributed by atoms with Crippen LogP contribution in [-0.2, 0) is 4.74 Å². The Morgan fingerprint density at radius 3 is 2.62 bits per heavy atom. The van der Waals surface area contributed by atoms with E-state index in [9.17, 15) is 9.18 Å². The number of carbonyl (C=O) groups is 1. The molecule has 166 valence electrons. The van der Waals surface area contributed by atoms with Crippen LogP contribution < -0.4 is 5.32 Å².